The Bertz CT molecular complexity index is 1200. The normalized spacial score (nSPS) is 18.8. The Balaban J connectivity index is 1.34. The van der Waals surface area contributed by atoms with Gasteiger partial charge in [-0.3, -0.25) is 4.79 Å². The van der Waals surface area contributed by atoms with Crippen molar-refractivity contribution < 1.29 is 13.2 Å². The van der Waals surface area contributed by atoms with Crippen LogP contribution in [0.3, 0.4) is 0 Å². The van der Waals surface area contributed by atoms with E-state index in [0.29, 0.717) is 18.0 Å². The lowest BCUT2D eigenvalue weighted by atomic mass is 10.00. The highest BCUT2D eigenvalue weighted by Crippen LogP contribution is 2.25. The van der Waals surface area contributed by atoms with Crippen molar-refractivity contribution in [2.45, 2.75) is 31.0 Å². The molecule has 1 aliphatic heterocycles. The summed E-state index contributed by atoms with van der Waals surface area (Å²) in [7, 11) is -1.05. The van der Waals surface area contributed by atoms with Gasteiger partial charge in [0.2, 0.25) is 5.91 Å². The first-order chi connectivity index (χ1) is 14.8. The maximum Gasteiger partial charge on any atom is 0.230 e. The van der Waals surface area contributed by atoms with E-state index in [-0.39, 0.29) is 35.1 Å². The van der Waals surface area contributed by atoms with Gasteiger partial charge in [0.15, 0.2) is 15.0 Å². The van der Waals surface area contributed by atoms with Gasteiger partial charge in [0.05, 0.1) is 23.3 Å². The van der Waals surface area contributed by atoms with Crippen LogP contribution in [0.1, 0.15) is 30.8 Å². The van der Waals surface area contributed by atoms with Crippen LogP contribution < -0.4 is 5.32 Å². The van der Waals surface area contributed by atoms with Crippen LogP contribution >= 0.6 is 11.8 Å². The van der Waals surface area contributed by atoms with Crippen LogP contribution in [0.25, 0.3) is 10.8 Å². The molecule has 2 heterocycles. The number of sulfone groups is 1. The second-order valence-electron chi connectivity index (χ2n) is 8.08. The molecule has 1 amide bonds. The number of fused-ring (bicyclic) bond motifs is 1. The van der Waals surface area contributed by atoms with Gasteiger partial charge in [-0.15, -0.1) is 10.2 Å². The molecule has 2 atom stereocenters. The average molecular weight is 459 g/mol. The standard InChI is InChI=1S/C22H26N4O3S2/c1-15(18-9-5-7-17-6-3-4-8-19(17)18)23-21(27)13-30-22-25-24-20(26(22)2)12-16-10-11-31(28,29)14-16/h3-9,15-16H,10-14H2,1-2H3,(H,23,27)/t15-,16-/m0/s1. The summed E-state index contributed by atoms with van der Waals surface area (Å²) in [5.41, 5.74) is 1.09. The van der Waals surface area contributed by atoms with Crippen molar-refractivity contribution in [3.8, 4) is 0 Å². The zero-order valence-electron chi connectivity index (χ0n) is 17.6. The van der Waals surface area contributed by atoms with Crippen molar-refractivity contribution in [3.05, 3.63) is 53.9 Å². The van der Waals surface area contributed by atoms with Gasteiger partial charge in [0.1, 0.15) is 5.82 Å². The second kappa shape index (κ2) is 9.00. The number of carbonyl (C=O) groups excluding carboxylic acids is 1. The molecular formula is C22H26N4O3S2. The molecule has 1 N–H and O–H groups in total. The number of hydrogen-bond donors (Lipinski definition) is 1. The first kappa shape index (κ1) is 21.8. The molecule has 1 aliphatic rings. The summed E-state index contributed by atoms with van der Waals surface area (Å²) < 4.78 is 25.2. The zero-order valence-corrected chi connectivity index (χ0v) is 19.2. The summed E-state index contributed by atoms with van der Waals surface area (Å²) in [5.74, 6) is 1.49. The fourth-order valence-corrected chi connectivity index (χ4v) is 6.66. The van der Waals surface area contributed by atoms with E-state index in [4.69, 9.17) is 0 Å². The van der Waals surface area contributed by atoms with Crippen LogP contribution in [0.2, 0.25) is 0 Å². The van der Waals surface area contributed by atoms with Crippen LogP contribution in [-0.2, 0) is 28.1 Å². The Morgan fingerprint density at radius 3 is 2.77 bits per heavy atom. The van der Waals surface area contributed by atoms with E-state index in [2.05, 4.69) is 33.7 Å². The lowest BCUT2D eigenvalue weighted by molar-refractivity contribution is -0.119. The van der Waals surface area contributed by atoms with E-state index in [1.807, 2.05) is 42.8 Å². The van der Waals surface area contributed by atoms with Crippen molar-refractivity contribution in [3.63, 3.8) is 0 Å². The molecule has 0 bridgehead atoms. The maximum atomic E-state index is 12.5. The third-order valence-corrected chi connectivity index (χ3v) is 8.58. The Kier molecular flexibility index (Phi) is 6.34. The van der Waals surface area contributed by atoms with Crippen molar-refractivity contribution in [1.82, 2.24) is 20.1 Å². The molecule has 9 heteroatoms. The monoisotopic (exact) mass is 458 g/mol. The van der Waals surface area contributed by atoms with Gasteiger partial charge in [-0.05, 0) is 35.6 Å². The molecule has 0 aliphatic carbocycles. The molecule has 0 radical (unpaired) electrons. The number of carbonyl (C=O) groups is 1. The fourth-order valence-electron chi connectivity index (χ4n) is 4.06. The average Bonchev–Trinajstić information content (AvgIpc) is 3.27. The first-order valence-electron chi connectivity index (χ1n) is 10.3. The highest BCUT2D eigenvalue weighted by Gasteiger charge is 2.29. The highest BCUT2D eigenvalue weighted by atomic mass is 32.2. The van der Waals surface area contributed by atoms with Crippen molar-refractivity contribution in [2.75, 3.05) is 17.3 Å². The minimum Gasteiger partial charge on any atom is -0.349 e. The largest absolute Gasteiger partial charge is 0.349 e. The topological polar surface area (TPSA) is 94.0 Å². The van der Waals surface area contributed by atoms with Crippen LogP contribution in [-0.4, -0.2) is 46.3 Å². The van der Waals surface area contributed by atoms with E-state index >= 15 is 0 Å². The molecular weight excluding hydrogens is 432 g/mol. The SMILES string of the molecule is C[C@H](NC(=O)CSc1nnc(C[C@@H]2CCS(=O)(=O)C2)n1C)c1cccc2ccccc12. The number of hydrogen-bond acceptors (Lipinski definition) is 6. The molecule has 3 aromatic rings. The van der Waals surface area contributed by atoms with E-state index < -0.39 is 9.84 Å². The number of nitrogens with one attached hydrogen (secondary N) is 1. The lowest BCUT2D eigenvalue weighted by Crippen LogP contribution is -2.28. The van der Waals surface area contributed by atoms with E-state index in [1.165, 1.54) is 11.8 Å². The van der Waals surface area contributed by atoms with Crippen LogP contribution in [0.4, 0.5) is 0 Å². The maximum absolute atomic E-state index is 12.5. The molecule has 164 valence electrons. The van der Waals surface area contributed by atoms with Gasteiger partial charge in [0, 0.05) is 13.5 Å². The van der Waals surface area contributed by atoms with Gasteiger partial charge >= 0.3 is 0 Å². The lowest BCUT2D eigenvalue weighted by Gasteiger charge is -2.16. The van der Waals surface area contributed by atoms with Crippen LogP contribution in [0.15, 0.2) is 47.6 Å². The molecule has 1 aromatic heterocycles. The van der Waals surface area contributed by atoms with Crippen LogP contribution in [0, 0.1) is 5.92 Å². The molecule has 7 nitrogen and oxygen atoms in total. The number of thioether (sulfide) groups is 1. The molecule has 0 unspecified atom stereocenters. The third-order valence-electron chi connectivity index (χ3n) is 5.72. The Morgan fingerprint density at radius 2 is 2.00 bits per heavy atom. The van der Waals surface area contributed by atoms with Gasteiger partial charge in [-0.2, -0.15) is 0 Å². The summed E-state index contributed by atoms with van der Waals surface area (Å²) in [6.07, 6.45) is 1.26. The number of rotatable bonds is 7. The zero-order chi connectivity index (χ0) is 22.0. The second-order valence-corrected chi connectivity index (χ2v) is 11.2. The van der Waals surface area contributed by atoms with Crippen molar-refractivity contribution in [1.29, 1.82) is 0 Å². The molecule has 31 heavy (non-hydrogen) atoms. The summed E-state index contributed by atoms with van der Waals surface area (Å²) in [6.45, 7) is 1.99. The van der Waals surface area contributed by atoms with Crippen molar-refractivity contribution >= 4 is 38.3 Å². The van der Waals surface area contributed by atoms with E-state index in [9.17, 15) is 13.2 Å². The molecule has 0 saturated carbocycles. The van der Waals surface area contributed by atoms with Gasteiger partial charge < -0.3 is 9.88 Å². The molecule has 0 spiro atoms. The predicted molar refractivity (Wildman–Crippen MR) is 123 cm³/mol. The summed E-state index contributed by atoms with van der Waals surface area (Å²) >= 11 is 1.33. The number of benzene rings is 2. The Hall–Kier alpha value is -2.39. The third kappa shape index (κ3) is 5.10. The molecule has 1 saturated heterocycles. The minimum absolute atomic E-state index is 0.0723. The fraction of sp³-hybridized carbons (Fsp3) is 0.409. The molecule has 1 fully saturated rings. The summed E-state index contributed by atoms with van der Waals surface area (Å²) in [4.78, 5) is 12.5. The molecule has 4 rings (SSSR count). The summed E-state index contributed by atoms with van der Waals surface area (Å²) in [5, 5.41) is 14.4. The Morgan fingerprint density at radius 1 is 1.23 bits per heavy atom. The van der Waals surface area contributed by atoms with E-state index in [1.54, 1.807) is 0 Å². The smallest absolute Gasteiger partial charge is 0.230 e. The summed E-state index contributed by atoms with van der Waals surface area (Å²) in [6, 6.07) is 14.1. The van der Waals surface area contributed by atoms with E-state index in [0.717, 1.165) is 22.2 Å². The van der Waals surface area contributed by atoms with Gasteiger partial charge in [0.25, 0.3) is 0 Å². The minimum atomic E-state index is -2.91. The van der Waals surface area contributed by atoms with Crippen LogP contribution in [0.5, 0.6) is 0 Å². The molecule has 2 aromatic carbocycles. The predicted octanol–water partition coefficient (Wildman–Crippen LogP) is 2.92. The Labute approximate surface area is 186 Å². The number of aromatic nitrogens is 3. The number of amides is 1. The number of nitrogens with zero attached hydrogens (tertiary/aromatic N) is 3. The van der Waals surface area contributed by atoms with Crippen molar-refractivity contribution in [2.24, 2.45) is 13.0 Å². The quantitative estimate of drug-likeness (QED) is 0.547. The van der Waals surface area contributed by atoms with Gasteiger partial charge in [-0.1, -0.05) is 54.2 Å². The van der Waals surface area contributed by atoms with Gasteiger partial charge in [-0.25, -0.2) is 8.42 Å². The first-order valence-corrected chi connectivity index (χ1v) is 13.1. The highest BCUT2D eigenvalue weighted by molar-refractivity contribution is 7.99.